The monoisotopic (exact) mass is 320 g/mol. The van der Waals surface area contributed by atoms with Crippen LogP contribution in [0, 0.1) is 27.0 Å². The van der Waals surface area contributed by atoms with Crippen molar-refractivity contribution in [1.29, 1.82) is 0 Å². The number of allylic oxidation sites excluding steroid dienone is 8. The van der Waals surface area contributed by atoms with Crippen LogP contribution in [0.15, 0.2) is 34.4 Å². The number of rotatable bonds is 2. The van der Waals surface area contributed by atoms with Gasteiger partial charge in [0, 0.05) is 0 Å². The summed E-state index contributed by atoms with van der Waals surface area (Å²) in [7, 11) is 2.97. The van der Waals surface area contributed by atoms with Crippen molar-refractivity contribution in [2.75, 3.05) is 0 Å². The van der Waals surface area contributed by atoms with E-state index in [4.69, 9.17) is 0 Å². The molecule has 0 heterocycles. The van der Waals surface area contributed by atoms with Crippen molar-refractivity contribution in [1.82, 2.24) is 0 Å². The summed E-state index contributed by atoms with van der Waals surface area (Å²) < 4.78 is 0. The van der Waals surface area contributed by atoms with E-state index in [0.29, 0.717) is 0 Å². The third-order valence-corrected chi connectivity index (χ3v) is 3.16. The normalized spacial score (nSPS) is 14.8. The molecule has 0 atom stereocenters. The SMILES string of the molecule is CCC1=CC[C-]=C1C.CCC1=CC[C-]=C1C.[CH3-].[CH3-].[Si]=[Ti]. The van der Waals surface area contributed by atoms with Crippen LogP contribution in [-0.4, -0.2) is 7.63 Å². The van der Waals surface area contributed by atoms with E-state index in [2.05, 4.69) is 59.6 Å². The predicted octanol–water partition coefficient (Wildman–Crippen LogP) is 5.47. The van der Waals surface area contributed by atoms with Gasteiger partial charge in [-0.3, -0.25) is 12.2 Å². The molecule has 2 aliphatic carbocycles. The van der Waals surface area contributed by atoms with E-state index in [1.807, 2.05) is 0 Å². The van der Waals surface area contributed by atoms with Crippen LogP contribution in [0.5, 0.6) is 0 Å². The summed E-state index contributed by atoms with van der Waals surface area (Å²) in [4.78, 5) is 0. The topological polar surface area (TPSA) is 0 Å². The molecule has 0 aromatic carbocycles. The van der Waals surface area contributed by atoms with Gasteiger partial charge in [0.15, 0.2) is 0 Å². The first-order valence-electron chi connectivity index (χ1n) is 6.47. The van der Waals surface area contributed by atoms with Gasteiger partial charge in [-0.2, -0.15) is 23.3 Å². The molecule has 0 amide bonds. The molecule has 0 aliphatic heterocycles. The molecular weight excluding hydrogens is 292 g/mol. The number of hydrogen-bond donors (Lipinski definition) is 0. The molecule has 0 fully saturated rings. The van der Waals surface area contributed by atoms with Crippen molar-refractivity contribution in [3.05, 3.63) is 61.4 Å². The zero-order valence-corrected chi connectivity index (χ0v) is 16.5. The zero-order valence-electron chi connectivity index (χ0n) is 14.0. The summed E-state index contributed by atoms with van der Waals surface area (Å²) in [6, 6.07) is 0. The van der Waals surface area contributed by atoms with Gasteiger partial charge in [-0.05, 0) is 0 Å². The Bertz CT molecular complexity index is 337. The van der Waals surface area contributed by atoms with Gasteiger partial charge in [0.05, 0.1) is 0 Å². The molecule has 0 unspecified atom stereocenters. The van der Waals surface area contributed by atoms with Crippen LogP contribution in [0.25, 0.3) is 0 Å². The maximum atomic E-state index is 3.24. The Kier molecular flexibility index (Phi) is 19.0. The molecule has 2 radical (unpaired) electrons. The average Bonchev–Trinajstić information content (AvgIpc) is 3.00. The average molecular weight is 320 g/mol. The molecule has 0 bridgehead atoms. The Morgan fingerprint density at radius 3 is 1.30 bits per heavy atom. The van der Waals surface area contributed by atoms with Gasteiger partial charge in [-0.25, -0.2) is 11.1 Å². The molecule has 2 rings (SSSR count). The Labute approximate surface area is 141 Å². The minimum absolute atomic E-state index is 0. The fraction of sp³-hybridized carbons (Fsp3) is 0.444. The first-order chi connectivity index (χ1) is 8.69. The molecule has 0 aromatic rings. The first-order valence-corrected chi connectivity index (χ1v) is 9.31. The van der Waals surface area contributed by atoms with Gasteiger partial charge in [0.25, 0.3) is 0 Å². The van der Waals surface area contributed by atoms with Crippen molar-refractivity contribution in [2.45, 2.75) is 53.4 Å². The zero-order chi connectivity index (χ0) is 14.0. The Morgan fingerprint density at radius 1 is 0.900 bits per heavy atom. The number of hydrogen-bond acceptors (Lipinski definition) is 0. The molecule has 0 spiro atoms. The molecular formula is C18H28SiTi-4. The van der Waals surface area contributed by atoms with Crippen LogP contribution in [0.1, 0.15) is 53.4 Å². The third kappa shape index (κ3) is 8.94. The second-order valence-corrected chi connectivity index (χ2v) is 4.18. The molecule has 112 valence electrons. The van der Waals surface area contributed by atoms with Crippen LogP contribution in [0.3, 0.4) is 0 Å². The van der Waals surface area contributed by atoms with Crippen LogP contribution in [0.2, 0.25) is 0 Å². The molecule has 2 heteroatoms. The first kappa shape index (κ1) is 24.9. The molecule has 20 heavy (non-hydrogen) atoms. The molecule has 0 saturated heterocycles. The fourth-order valence-corrected chi connectivity index (χ4v) is 2.01. The van der Waals surface area contributed by atoms with Gasteiger partial charge >= 0.3 is 26.8 Å². The van der Waals surface area contributed by atoms with Gasteiger partial charge in [0.2, 0.25) is 0 Å². The Morgan fingerprint density at radius 2 is 1.20 bits per heavy atom. The van der Waals surface area contributed by atoms with Crippen molar-refractivity contribution < 1.29 is 19.2 Å². The Balaban J connectivity index is -0.000000236. The summed E-state index contributed by atoms with van der Waals surface area (Å²) in [5.74, 6) is 0. The van der Waals surface area contributed by atoms with Crippen LogP contribution < -0.4 is 0 Å². The van der Waals surface area contributed by atoms with E-state index in [-0.39, 0.29) is 14.9 Å². The van der Waals surface area contributed by atoms with E-state index < -0.39 is 0 Å². The minimum atomic E-state index is 0. The van der Waals surface area contributed by atoms with Crippen LogP contribution >= 0.6 is 0 Å². The summed E-state index contributed by atoms with van der Waals surface area (Å²) >= 11 is 1.81. The quantitative estimate of drug-likeness (QED) is 0.467. The molecule has 2 aliphatic rings. The second kappa shape index (κ2) is 15.3. The third-order valence-electron chi connectivity index (χ3n) is 3.16. The summed E-state index contributed by atoms with van der Waals surface area (Å²) in [5.41, 5.74) is 5.66. The van der Waals surface area contributed by atoms with E-state index >= 15 is 0 Å². The Hall–Kier alpha value is -0.109. The van der Waals surface area contributed by atoms with Gasteiger partial charge in [-0.1, -0.05) is 40.5 Å². The molecule has 0 N–H and O–H groups in total. The summed E-state index contributed by atoms with van der Waals surface area (Å²) in [5, 5.41) is 0. The standard InChI is InChI=1S/2C8H11.2CH3.Si.Ti/c2*1-3-8-6-4-5-7(8)2;;;;/h2*6H,3-4H2,1-2H3;2*1H3;;/q4*-1;;. The van der Waals surface area contributed by atoms with Crippen molar-refractivity contribution >= 4 is 7.63 Å². The summed E-state index contributed by atoms with van der Waals surface area (Å²) in [6.45, 7) is 8.62. The summed E-state index contributed by atoms with van der Waals surface area (Å²) in [6.07, 6.45) is 15.4. The van der Waals surface area contributed by atoms with Crippen molar-refractivity contribution in [3.8, 4) is 0 Å². The molecule has 0 nitrogen and oxygen atoms in total. The molecule has 0 saturated carbocycles. The van der Waals surface area contributed by atoms with E-state index in [9.17, 15) is 0 Å². The van der Waals surface area contributed by atoms with Gasteiger partial charge in [-0.15, -0.1) is 12.8 Å². The van der Waals surface area contributed by atoms with Crippen LogP contribution in [0.4, 0.5) is 0 Å². The van der Waals surface area contributed by atoms with Crippen LogP contribution in [-0.2, 0) is 19.2 Å². The second-order valence-electron chi connectivity index (χ2n) is 4.18. The van der Waals surface area contributed by atoms with Crippen molar-refractivity contribution in [3.63, 3.8) is 0 Å². The van der Waals surface area contributed by atoms with E-state index in [1.54, 1.807) is 19.2 Å². The van der Waals surface area contributed by atoms with E-state index in [0.717, 1.165) is 12.8 Å². The fourth-order valence-electron chi connectivity index (χ4n) is 2.01. The maximum absolute atomic E-state index is 3.24. The molecule has 0 aromatic heterocycles. The van der Waals surface area contributed by atoms with E-state index in [1.165, 1.54) is 35.1 Å². The predicted molar refractivity (Wildman–Crippen MR) is 89.4 cm³/mol. The van der Waals surface area contributed by atoms with Gasteiger partial charge < -0.3 is 14.9 Å². The van der Waals surface area contributed by atoms with Crippen molar-refractivity contribution in [2.24, 2.45) is 0 Å². The van der Waals surface area contributed by atoms with Gasteiger partial charge in [0.1, 0.15) is 0 Å².